The average molecular weight is 524 g/mol. The van der Waals surface area contributed by atoms with E-state index in [1.165, 1.54) is 0 Å². The first-order valence-corrected chi connectivity index (χ1v) is 11.8. The van der Waals surface area contributed by atoms with E-state index in [-0.39, 0.29) is 18.0 Å². The van der Waals surface area contributed by atoms with Gasteiger partial charge < -0.3 is 30.8 Å². The van der Waals surface area contributed by atoms with E-state index in [1.807, 2.05) is 12.3 Å². The van der Waals surface area contributed by atoms with Crippen molar-refractivity contribution in [1.82, 2.24) is 15.2 Å². The summed E-state index contributed by atoms with van der Waals surface area (Å²) in [6, 6.07) is 6.63. The molecular formula is C24H28F3N5O5. The van der Waals surface area contributed by atoms with Gasteiger partial charge in [-0.1, -0.05) is 12.8 Å². The molecule has 1 saturated heterocycles. The zero-order valence-corrected chi connectivity index (χ0v) is 19.9. The number of rotatable bonds is 5. The van der Waals surface area contributed by atoms with Gasteiger partial charge >= 0.3 is 18.2 Å². The highest BCUT2D eigenvalue weighted by atomic mass is 19.4. The van der Waals surface area contributed by atoms with Crippen LogP contribution in [-0.4, -0.2) is 63.8 Å². The molecule has 37 heavy (non-hydrogen) atoms. The maximum Gasteiger partial charge on any atom is 0.490 e. The van der Waals surface area contributed by atoms with Gasteiger partial charge in [0.2, 0.25) is 5.91 Å². The molecule has 0 unspecified atom stereocenters. The number of nitrogens with two attached hydrogens (primary N) is 1. The molecular weight excluding hydrogens is 495 g/mol. The van der Waals surface area contributed by atoms with Crippen molar-refractivity contribution in [2.75, 3.05) is 6.54 Å². The number of halogens is 3. The first-order chi connectivity index (χ1) is 17.5. The number of aromatic amines is 1. The van der Waals surface area contributed by atoms with Gasteiger partial charge in [-0.05, 0) is 55.9 Å². The van der Waals surface area contributed by atoms with Crippen LogP contribution in [0.5, 0.6) is 5.75 Å². The topological polar surface area (TPSA) is 162 Å². The van der Waals surface area contributed by atoms with Gasteiger partial charge in [0.05, 0.1) is 12.1 Å². The van der Waals surface area contributed by atoms with Crippen LogP contribution in [0.2, 0.25) is 0 Å². The highest BCUT2D eigenvalue weighted by molar-refractivity contribution is 5.88. The average Bonchev–Trinajstić information content (AvgIpc) is 3.60. The summed E-state index contributed by atoms with van der Waals surface area (Å²) in [6.45, 7) is 0.576. The molecule has 2 fully saturated rings. The Hall–Kier alpha value is -3.79. The number of carboxylic acid groups (broad SMARTS) is 1. The van der Waals surface area contributed by atoms with Crippen LogP contribution in [0.3, 0.4) is 0 Å². The largest absolute Gasteiger partial charge is 0.490 e. The second-order valence-corrected chi connectivity index (χ2v) is 8.97. The number of likely N-dealkylation sites (tertiary alicyclic amines) is 1. The molecule has 2 atom stereocenters. The molecule has 2 heterocycles. The Kier molecular flexibility index (Phi) is 8.99. The fraction of sp³-hybridized carbons (Fsp3) is 0.500. The van der Waals surface area contributed by atoms with Crippen LogP contribution in [0.15, 0.2) is 24.4 Å². The molecule has 13 heteroatoms. The third-order valence-electron chi connectivity index (χ3n) is 6.31. The van der Waals surface area contributed by atoms with E-state index in [2.05, 4.69) is 16.4 Å². The lowest BCUT2D eigenvalue weighted by Crippen LogP contribution is -2.46. The van der Waals surface area contributed by atoms with Gasteiger partial charge in [0.25, 0.3) is 0 Å². The van der Waals surface area contributed by atoms with E-state index < -0.39 is 24.3 Å². The Labute approximate surface area is 210 Å². The monoisotopic (exact) mass is 523 g/mol. The number of carbonyl (C=O) groups is 3. The molecule has 1 aliphatic heterocycles. The number of hydrogen-bond donors (Lipinski definition) is 4. The van der Waals surface area contributed by atoms with Gasteiger partial charge in [-0.2, -0.15) is 18.4 Å². The number of amides is 2. The SMILES string of the molecule is N#C[C@@H]1CCCN1C(=O)[C@@H](N)Cc1c[nH]c2ccc(OC(=O)NC3CCCC3)cc12.O=C(O)C(F)(F)F. The Morgan fingerprint density at radius 1 is 1.24 bits per heavy atom. The molecule has 0 radical (unpaired) electrons. The molecule has 4 rings (SSSR count). The first kappa shape index (κ1) is 27.8. The van der Waals surface area contributed by atoms with Gasteiger partial charge in [0.1, 0.15) is 11.8 Å². The Bertz CT molecular complexity index is 1170. The lowest BCUT2D eigenvalue weighted by molar-refractivity contribution is -0.192. The van der Waals surface area contributed by atoms with Crippen molar-refractivity contribution >= 4 is 28.9 Å². The number of nitriles is 1. The normalized spacial score (nSPS) is 18.6. The summed E-state index contributed by atoms with van der Waals surface area (Å²) in [4.78, 5) is 38.5. The van der Waals surface area contributed by atoms with Gasteiger partial charge in [-0.15, -0.1) is 0 Å². The number of nitrogens with one attached hydrogen (secondary N) is 2. The van der Waals surface area contributed by atoms with E-state index >= 15 is 0 Å². The number of benzene rings is 1. The molecule has 1 aromatic heterocycles. The zero-order valence-electron chi connectivity index (χ0n) is 19.9. The second kappa shape index (κ2) is 12.0. The van der Waals surface area contributed by atoms with E-state index in [9.17, 15) is 28.0 Å². The standard InChI is InChI=1S/C22H27N5O3.C2HF3O2/c23-12-16-6-3-9-27(16)21(28)19(24)10-14-13-25-20-8-7-17(11-18(14)20)30-22(29)26-15-4-1-2-5-15;3-2(4,5)1(6)7/h7-8,11,13,15-16,19,25H,1-6,9-10,24H2,(H,26,29);(H,6,7)/t16-,19-;/m0./s1. The number of hydrogen-bond acceptors (Lipinski definition) is 6. The smallest absolute Gasteiger partial charge is 0.475 e. The van der Waals surface area contributed by atoms with E-state index in [0.29, 0.717) is 25.1 Å². The number of carbonyl (C=O) groups excluding carboxylic acids is 2. The molecule has 0 spiro atoms. The highest BCUT2D eigenvalue weighted by Crippen LogP contribution is 2.26. The third kappa shape index (κ3) is 7.36. The predicted molar refractivity (Wildman–Crippen MR) is 125 cm³/mol. The Balaban J connectivity index is 0.000000479. The number of H-pyrrole nitrogens is 1. The van der Waals surface area contributed by atoms with Crippen LogP contribution >= 0.6 is 0 Å². The molecule has 5 N–H and O–H groups in total. The van der Waals surface area contributed by atoms with Crippen molar-refractivity contribution in [3.8, 4) is 11.8 Å². The fourth-order valence-corrected chi connectivity index (χ4v) is 4.47. The highest BCUT2D eigenvalue weighted by Gasteiger charge is 2.38. The summed E-state index contributed by atoms with van der Waals surface area (Å²) in [5, 5.41) is 20.1. The fourth-order valence-electron chi connectivity index (χ4n) is 4.47. The van der Waals surface area contributed by atoms with Crippen molar-refractivity contribution in [2.45, 2.75) is 69.2 Å². The second-order valence-electron chi connectivity index (χ2n) is 8.97. The molecule has 2 aromatic rings. The summed E-state index contributed by atoms with van der Waals surface area (Å²) < 4.78 is 37.2. The van der Waals surface area contributed by atoms with Crippen LogP contribution in [0, 0.1) is 11.3 Å². The first-order valence-electron chi connectivity index (χ1n) is 11.8. The van der Waals surface area contributed by atoms with Crippen molar-refractivity contribution < 1.29 is 37.4 Å². The quantitative estimate of drug-likeness (QED) is 0.468. The maximum atomic E-state index is 12.7. The van der Waals surface area contributed by atoms with Crippen LogP contribution in [0.4, 0.5) is 18.0 Å². The Morgan fingerprint density at radius 3 is 2.54 bits per heavy atom. The van der Waals surface area contributed by atoms with Crippen LogP contribution in [0.1, 0.15) is 44.1 Å². The van der Waals surface area contributed by atoms with Gasteiger partial charge in [-0.3, -0.25) is 4.79 Å². The van der Waals surface area contributed by atoms with Crippen molar-refractivity contribution in [2.24, 2.45) is 5.73 Å². The van der Waals surface area contributed by atoms with Gasteiger partial charge in [0.15, 0.2) is 0 Å². The van der Waals surface area contributed by atoms with Crippen molar-refractivity contribution in [3.63, 3.8) is 0 Å². The summed E-state index contributed by atoms with van der Waals surface area (Å²) in [5.74, 6) is -2.51. The van der Waals surface area contributed by atoms with Crippen LogP contribution < -0.4 is 15.8 Å². The van der Waals surface area contributed by atoms with Crippen molar-refractivity contribution in [3.05, 3.63) is 30.0 Å². The molecule has 2 amide bonds. The minimum absolute atomic E-state index is 0.191. The third-order valence-corrected chi connectivity index (χ3v) is 6.31. The number of nitrogens with zero attached hydrogens (tertiary/aromatic N) is 2. The molecule has 0 bridgehead atoms. The van der Waals surface area contributed by atoms with Gasteiger partial charge in [0, 0.05) is 29.7 Å². The minimum Gasteiger partial charge on any atom is -0.475 e. The summed E-state index contributed by atoms with van der Waals surface area (Å²) in [6.07, 6.45) is 2.42. The lowest BCUT2D eigenvalue weighted by atomic mass is 10.0. The summed E-state index contributed by atoms with van der Waals surface area (Å²) in [7, 11) is 0. The summed E-state index contributed by atoms with van der Waals surface area (Å²) in [5.41, 5.74) is 7.95. The van der Waals surface area contributed by atoms with Crippen molar-refractivity contribution in [1.29, 1.82) is 5.26 Å². The number of carboxylic acids is 1. The van der Waals surface area contributed by atoms with Gasteiger partial charge in [-0.25, -0.2) is 9.59 Å². The number of aliphatic carboxylic acids is 1. The number of fused-ring (bicyclic) bond motifs is 1. The molecule has 1 aromatic carbocycles. The molecule has 200 valence electrons. The maximum absolute atomic E-state index is 12.7. The molecule has 2 aliphatic rings. The van der Waals surface area contributed by atoms with Crippen LogP contribution in [-0.2, 0) is 16.0 Å². The molecule has 10 nitrogen and oxygen atoms in total. The number of aromatic nitrogens is 1. The molecule has 1 saturated carbocycles. The van der Waals surface area contributed by atoms with E-state index in [1.54, 1.807) is 17.0 Å². The summed E-state index contributed by atoms with van der Waals surface area (Å²) >= 11 is 0. The van der Waals surface area contributed by atoms with E-state index in [0.717, 1.165) is 48.6 Å². The van der Waals surface area contributed by atoms with Crippen LogP contribution in [0.25, 0.3) is 10.9 Å². The number of alkyl halides is 3. The minimum atomic E-state index is -5.08. The lowest BCUT2D eigenvalue weighted by Gasteiger charge is -2.23. The van der Waals surface area contributed by atoms with E-state index in [4.69, 9.17) is 20.4 Å². The molecule has 1 aliphatic carbocycles. The number of ether oxygens (including phenoxy) is 1. The zero-order chi connectivity index (χ0) is 27.2. The Morgan fingerprint density at radius 2 is 1.92 bits per heavy atom. The predicted octanol–water partition coefficient (Wildman–Crippen LogP) is 3.22.